The molecule has 1 aromatic carbocycles. The second-order valence-electron chi connectivity index (χ2n) is 4.16. The molecule has 2 aromatic rings. The first-order valence-corrected chi connectivity index (χ1v) is 7.61. The van der Waals surface area contributed by atoms with Gasteiger partial charge in [-0.1, -0.05) is 11.6 Å². The number of nitrogens with zero attached hydrogens (tertiary/aromatic N) is 2. The van der Waals surface area contributed by atoms with Crippen LogP contribution in [0.25, 0.3) is 0 Å². The van der Waals surface area contributed by atoms with Crippen LogP contribution in [0.2, 0.25) is 5.02 Å². The highest BCUT2D eigenvalue weighted by atomic mass is 35.5. The Morgan fingerprint density at radius 3 is 2.60 bits per heavy atom. The molecular formula is C14H15ClFN3S. The van der Waals surface area contributed by atoms with Gasteiger partial charge in [0, 0.05) is 16.5 Å². The van der Waals surface area contributed by atoms with E-state index in [4.69, 9.17) is 11.6 Å². The molecule has 1 N–H and O–H groups in total. The number of hydrogen-bond donors (Lipinski definition) is 1. The van der Waals surface area contributed by atoms with Gasteiger partial charge in [-0.25, -0.2) is 14.4 Å². The number of nitrogens with one attached hydrogen (secondary N) is 1. The molecule has 0 aliphatic heterocycles. The van der Waals surface area contributed by atoms with Gasteiger partial charge in [-0.15, -0.1) is 11.8 Å². The summed E-state index contributed by atoms with van der Waals surface area (Å²) in [4.78, 5) is 9.46. The second-order valence-corrected chi connectivity index (χ2v) is 5.65. The van der Waals surface area contributed by atoms with E-state index in [-0.39, 0.29) is 11.6 Å². The number of halogens is 2. The Balaban J connectivity index is 2.11. The number of aromatic nitrogens is 2. The summed E-state index contributed by atoms with van der Waals surface area (Å²) in [5.41, 5.74) is 0.364. The van der Waals surface area contributed by atoms with Crippen LogP contribution in [0.1, 0.15) is 18.4 Å². The van der Waals surface area contributed by atoms with Crippen LogP contribution in [0, 0.1) is 12.7 Å². The SMILES string of the molecule is CCNc1nc(CSc2ccc(Cl)cc2)nc(C)c1F. The molecule has 0 amide bonds. The zero-order valence-electron chi connectivity index (χ0n) is 11.3. The molecule has 0 radical (unpaired) electrons. The fourth-order valence-corrected chi connectivity index (χ4v) is 2.52. The molecule has 0 saturated heterocycles. The van der Waals surface area contributed by atoms with Gasteiger partial charge in [-0.3, -0.25) is 0 Å². The van der Waals surface area contributed by atoms with Gasteiger partial charge >= 0.3 is 0 Å². The van der Waals surface area contributed by atoms with Crippen LogP contribution < -0.4 is 5.32 Å². The van der Waals surface area contributed by atoms with E-state index in [1.165, 1.54) is 0 Å². The maximum atomic E-state index is 13.8. The lowest BCUT2D eigenvalue weighted by molar-refractivity contribution is 0.602. The van der Waals surface area contributed by atoms with Crippen molar-refractivity contribution in [1.82, 2.24) is 9.97 Å². The van der Waals surface area contributed by atoms with Crippen molar-refractivity contribution in [2.24, 2.45) is 0 Å². The van der Waals surface area contributed by atoms with Crippen molar-refractivity contribution in [3.8, 4) is 0 Å². The molecule has 0 aliphatic carbocycles. The van der Waals surface area contributed by atoms with E-state index in [0.717, 1.165) is 4.90 Å². The van der Waals surface area contributed by atoms with Gasteiger partial charge in [0.1, 0.15) is 5.82 Å². The van der Waals surface area contributed by atoms with E-state index >= 15 is 0 Å². The van der Waals surface area contributed by atoms with Gasteiger partial charge < -0.3 is 5.32 Å². The molecule has 1 aromatic heterocycles. The predicted molar refractivity (Wildman–Crippen MR) is 81.9 cm³/mol. The molecule has 0 spiro atoms. The normalized spacial score (nSPS) is 10.6. The second kappa shape index (κ2) is 6.90. The lowest BCUT2D eigenvalue weighted by atomic mass is 10.4. The van der Waals surface area contributed by atoms with Crippen molar-refractivity contribution in [1.29, 1.82) is 0 Å². The molecule has 0 bridgehead atoms. The Morgan fingerprint density at radius 2 is 1.95 bits per heavy atom. The molecule has 3 nitrogen and oxygen atoms in total. The summed E-state index contributed by atoms with van der Waals surface area (Å²) >= 11 is 7.43. The zero-order valence-corrected chi connectivity index (χ0v) is 12.9. The maximum Gasteiger partial charge on any atom is 0.186 e. The average Bonchev–Trinajstić information content (AvgIpc) is 2.44. The van der Waals surface area contributed by atoms with Crippen LogP contribution in [-0.4, -0.2) is 16.5 Å². The van der Waals surface area contributed by atoms with E-state index in [1.54, 1.807) is 18.7 Å². The number of rotatable bonds is 5. The highest BCUT2D eigenvalue weighted by Crippen LogP contribution is 2.24. The summed E-state index contributed by atoms with van der Waals surface area (Å²) in [6.45, 7) is 4.17. The van der Waals surface area contributed by atoms with Crippen LogP contribution >= 0.6 is 23.4 Å². The van der Waals surface area contributed by atoms with E-state index in [1.807, 2.05) is 31.2 Å². The monoisotopic (exact) mass is 311 g/mol. The molecule has 2 rings (SSSR count). The zero-order chi connectivity index (χ0) is 14.5. The Morgan fingerprint density at radius 1 is 1.25 bits per heavy atom. The standard InChI is InChI=1S/C14H15ClFN3S/c1-3-17-14-13(16)9(2)18-12(19-14)8-20-11-6-4-10(15)5-7-11/h4-7H,3,8H2,1-2H3,(H,17,18,19). The minimum atomic E-state index is -0.382. The van der Waals surface area contributed by atoms with Gasteiger partial charge in [0.05, 0.1) is 11.4 Å². The van der Waals surface area contributed by atoms with Crippen LogP contribution in [0.5, 0.6) is 0 Å². The van der Waals surface area contributed by atoms with Crippen molar-refractivity contribution < 1.29 is 4.39 Å². The molecule has 20 heavy (non-hydrogen) atoms. The first-order valence-electron chi connectivity index (χ1n) is 6.25. The Labute approximate surface area is 127 Å². The minimum Gasteiger partial charge on any atom is -0.368 e. The fraction of sp³-hybridized carbons (Fsp3) is 0.286. The topological polar surface area (TPSA) is 37.8 Å². The van der Waals surface area contributed by atoms with E-state index in [2.05, 4.69) is 15.3 Å². The van der Waals surface area contributed by atoms with E-state index in [9.17, 15) is 4.39 Å². The largest absolute Gasteiger partial charge is 0.368 e. The summed E-state index contributed by atoms with van der Waals surface area (Å²) in [7, 11) is 0. The third kappa shape index (κ3) is 3.84. The van der Waals surface area contributed by atoms with Crippen LogP contribution in [0.15, 0.2) is 29.2 Å². The molecular weight excluding hydrogens is 297 g/mol. The van der Waals surface area contributed by atoms with Crippen molar-refractivity contribution in [3.05, 3.63) is 46.6 Å². The number of hydrogen-bond acceptors (Lipinski definition) is 4. The lowest BCUT2D eigenvalue weighted by Crippen LogP contribution is -2.08. The van der Waals surface area contributed by atoms with E-state index < -0.39 is 0 Å². The lowest BCUT2D eigenvalue weighted by Gasteiger charge is -2.08. The molecule has 0 unspecified atom stereocenters. The quantitative estimate of drug-likeness (QED) is 0.835. The first kappa shape index (κ1) is 15.1. The van der Waals surface area contributed by atoms with Crippen molar-refractivity contribution >= 4 is 29.2 Å². The first-order chi connectivity index (χ1) is 9.60. The fourth-order valence-electron chi connectivity index (χ4n) is 1.64. The Bertz CT molecular complexity index is 590. The molecule has 106 valence electrons. The van der Waals surface area contributed by atoms with Crippen LogP contribution in [-0.2, 0) is 5.75 Å². The molecule has 6 heteroatoms. The van der Waals surface area contributed by atoms with Gasteiger partial charge in [0.25, 0.3) is 0 Å². The molecule has 0 atom stereocenters. The van der Waals surface area contributed by atoms with Crippen molar-refractivity contribution in [2.45, 2.75) is 24.5 Å². The van der Waals surface area contributed by atoms with Gasteiger partial charge in [-0.05, 0) is 38.1 Å². The third-order valence-electron chi connectivity index (χ3n) is 2.59. The highest BCUT2D eigenvalue weighted by Gasteiger charge is 2.10. The van der Waals surface area contributed by atoms with E-state index in [0.29, 0.717) is 28.8 Å². The summed E-state index contributed by atoms with van der Waals surface area (Å²) in [6.07, 6.45) is 0. The third-order valence-corrected chi connectivity index (χ3v) is 3.85. The number of benzene rings is 1. The smallest absolute Gasteiger partial charge is 0.186 e. The number of anilines is 1. The van der Waals surface area contributed by atoms with Crippen molar-refractivity contribution in [2.75, 3.05) is 11.9 Å². The Hall–Kier alpha value is -1.33. The van der Waals surface area contributed by atoms with Gasteiger partial charge in [-0.2, -0.15) is 0 Å². The number of aryl methyl sites for hydroxylation is 1. The Kier molecular flexibility index (Phi) is 5.20. The minimum absolute atomic E-state index is 0.270. The molecule has 0 fully saturated rings. The van der Waals surface area contributed by atoms with Crippen LogP contribution in [0.3, 0.4) is 0 Å². The molecule has 1 heterocycles. The molecule has 0 saturated carbocycles. The summed E-state index contributed by atoms with van der Waals surface area (Å²) in [5, 5.41) is 3.62. The summed E-state index contributed by atoms with van der Waals surface area (Å²) < 4.78 is 13.8. The van der Waals surface area contributed by atoms with Gasteiger partial charge in [0.15, 0.2) is 11.6 Å². The van der Waals surface area contributed by atoms with Gasteiger partial charge in [0.2, 0.25) is 0 Å². The van der Waals surface area contributed by atoms with Crippen molar-refractivity contribution in [3.63, 3.8) is 0 Å². The molecule has 0 aliphatic rings. The average molecular weight is 312 g/mol. The predicted octanol–water partition coefficient (Wildman–Crippen LogP) is 4.30. The number of thioether (sulfide) groups is 1. The summed E-state index contributed by atoms with van der Waals surface area (Å²) in [6, 6.07) is 7.55. The van der Waals surface area contributed by atoms with Crippen LogP contribution in [0.4, 0.5) is 10.2 Å². The summed E-state index contributed by atoms with van der Waals surface area (Å²) in [5.74, 6) is 1.08. The maximum absolute atomic E-state index is 13.8. The highest BCUT2D eigenvalue weighted by molar-refractivity contribution is 7.98.